The molecule has 0 aromatic heterocycles. The molecule has 0 N–H and O–H groups in total. The lowest BCUT2D eigenvalue weighted by molar-refractivity contribution is -0.117. The number of hydrogen-bond donors (Lipinski definition) is 0. The third kappa shape index (κ3) is 5.08. The average Bonchev–Trinajstić information content (AvgIpc) is 2.83. The van der Waals surface area contributed by atoms with Gasteiger partial charge in [0.2, 0.25) is 5.91 Å². The summed E-state index contributed by atoms with van der Waals surface area (Å²) in [5, 5.41) is -0.500. The first-order chi connectivity index (χ1) is 16.6. The van der Waals surface area contributed by atoms with Gasteiger partial charge in [-0.2, -0.15) is 0 Å². The van der Waals surface area contributed by atoms with Crippen LogP contribution in [0.15, 0.2) is 47.4 Å². The van der Waals surface area contributed by atoms with Crippen LogP contribution in [0.4, 0.5) is 16.2 Å². The number of nitrogens with zero attached hydrogens (tertiary/aromatic N) is 2. The van der Waals surface area contributed by atoms with Crippen LogP contribution in [0.1, 0.15) is 59.8 Å². The molecule has 35 heavy (non-hydrogen) atoms. The van der Waals surface area contributed by atoms with Crippen LogP contribution in [0.2, 0.25) is 0 Å². The number of anilines is 2. The zero-order valence-electron chi connectivity index (χ0n) is 20.9. The molecule has 1 saturated carbocycles. The van der Waals surface area contributed by atoms with Crippen LogP contribution in [0, 0.1) is 0 Å². The van der Waals surface area contributed by atoms with Crippen molar-refractivity contribution in [3.8, 4) is 11.1 Å². The van der Waals surface area contributed by atoms with Gasteiger partial charge >= 0.3 is 6.09 Å². The van der Waals surface area contributed by atoms with Crippen molar-refractivity contribution in [1.29, 1.82) is 0 Å². The minimum atomic E-state index is -3.36. The Bertz CT molecular complexity index is 1200. The summed E-state index contributed by atoms with van der Waals surface area (Å²) in [4.78, 5) is 29.3. The van der Waals surface area contributed by atoms with E-state index in [1.807, 2.05) is 25.1 Å². The van der Waals surface area contributed by atoms with Gasteiger partial charge in [0, 0.05) is 13.5 Å². The summed E-state index contributed by atoms with van der Waals surface area (Å²) in [7, 11) is -3.36. The highest BCUT2D eigenvalue weighted by Crippen LogP contribution is 2.39. The minimum absolute atomic E-state index is 0.0699. The maximum atomic E-state index is 13.3. The summed E-state index contributed by atoms with van der Waals surface area (Å²) in [6, 6.07) is 12.2. The molecule has 2 aromatic carbocycles. The van der Waals surface area contributed by atoms with Crippen molar-refractivity contribution in [1.82, 2.24) is 0 Å². The third-order valence-corrected chi connectivity index (χ3v) is 9.10. The predicted molar refractivity (Wildman–Crippen MR) is 138 cm³/mol. The number of carbonyl (C=O) groups is 2. The number of carbonyl (C=O) groups excluding carboxylic acids is 2. The molecule has 188 valence electrons. The van der Waals surface area contributed by atoms with Gasteiger partial charge in [-0.05, 0) is 81.8 Å². The first-order valence-corrected chi connectivity index (χ1v) is 13.9. The average molecular weight is 499 g/mol. The molecule has 4 rings (SSSR count). The standard InChI is InChI=1S/C27H34N2O5S/c1-18(2)35(32,33)24-13-10-21(11-14-24)22-12-15-25-26(16-22)28(17-19(3)29(25)20(4)30)27(31)34-23-8-6-5-7-9-23/h10-16,18-19,23H,5-9,17H2,1-4H3/t19-/m0/s1. The van der Waals surface area contributed by atoms with Gasteiger partial charge in [-0.15, -0.1) is 0 Å². The van der Waals surface area contributed by atoms with Crippen LogP contribution in [-0.2, 0) is 19.4 Å². The van der Waals surface area contributed by atoms with Gasteiger partial charge in [-0.1, -0.05) is 24.6 Å². The molecule has 8 heteroatoms. The molecule has 1 aliphatic carbocycles. The number of sulfone groups is 1. The second-order valence-corrected chi connectivity index (χ2v) is 12.3. The number of ether oxygens (including phenoxy) is 1. The molecule has 0 spiro atoms. The van der Waals surface area contributed by atoms with Crippen LogP contribution in [0.3, 0.4) is 0 Å². The molecule has 2 aliphatic rings. The molecule has 0 radical (unpaired) electrons. The van der Waals surface area contributed by atoms with Crippen molar-refractivity contribution in [2.75, 3.05) is 16.3 Å². The maximum absolute atomic E-state index is 13.3. The Morgan fingerprint density at radius 3 is 2.17 bits per heavy atom. The molecular formula is C27H34N2O5S. The number of amides is 2. The van der Waals surface area contributed by atoms with Crippen LogP contribution in [0.5, 0.6) is 0 Å². The second kappa shape index (κ2) is 10.0. The van der Waals surface area contributed by atoms with Crippen LogP contribution in [0.25, 0.3) is 11.1 Å². The van der Waals surface area contributed by atoms with Crippen molar-refractivity contribution >= 4 is 33.2 Å². The van der Waals surface area contributed by atoms with Crippen molar-refractivity contribution in [2.24, 2.45) is 0 Å². The third-order valence-electron chi connectivity index (χ3n) is 6.93. The van der Waals surface area contributed by atoms with Crippen molar-refractivity contribution in [3.63, 3.8) is 0 Å². The van der Waals surface area contributed by atoms with Crippen molar-refractivity contribution in [2.45, 2.75) is 82.1 Å². The van der Waals surface area contributed by atoms with E-state index in [2.05, 4.69) is 0 Å². The number of hydrogen-bond acceptors (Lipinski definition) is 5. The maximum Gasteiger partial charge on any atom is 0.414 e. The topological polar surface area (TPSA) is 84.0 Å². The summed E-state index contributed by atoms with van der Waals surface area (Å²) >= 11 is 0. The zero-order valence-corrected chi connectivity index (χ0v) is 21.7. The Morgan fingerprint density at radius 2 is 1.57 bits per heavy atom. The van der Waals surface area contributed by atoms with Gasteiger partial charge in [-0.25, -0.2) is 13.2 Å². The predicted octanol–water partition coefficient (Wildman–Crippen LogP) is 5.57. The fourth-order valence-corrected chi connectivity index (χ4v) is 6.02. The SMILES string of the molecule is CC(=O)N1c2ccc(-c3ccc(S(=O)(=O)C(C)C)cc3)cc2N(C(=O)OC2CCCCC2)C[C@@H]1C. The molecule has 1 atom stereocenters. The minimum Gasteiger partial charge on any atom is -0.446 e. The Labute approximate surface area is 208 Å². The van der Waals surface area contributed by atoms with Gasteiger partial charge in [0.15, 0.2) is 9.84 Å². The van der Waals surface area contributed by atoms with Gasteiger partial charge in [0.05, 0.1) is 27.6 Å². The van der Waals surface area contributed by atoms with E-state index in [1.165, 1.54) is 13.3 Å². The van der Waals surface area contributed by atoms with Gasteiger partial charge in [0.1, 0.15) is 6.10 Å². The van der Waals surface area contributed by atoms with E-state index in [4.69, 9.17) is 4.74 Å². The normalized spacial score (nSPS) is 18.9. The smallest absolute Gasteiger partial charge is 0.414 e. The summed E-state index contributed by atoms with van der Waals surface area (Å²) in [5.41, 5.74) is 2.94. The molecule has 2 aromatic rings. The fourth-order valence-electron chi connectivity index (χ4n) is 4.96. The quantitative estimate of drug-likeness (QED) is 0.551. The lowest BCUT2D eigenvalue weighted by Gasteiger charge is -2.41. The molecule has 1 aliphatic heterocycles. The first-order valence-electron chi connectivity index (χ1n) is 12.4. The lowest BCUT2D eigenvalue weighted by Crippen LogP contribution is -2.52. The molecule has 7 nitrogen and oxygen atoms in total. The van der Waals surface area contributed by atoms with E-state index >= 15 is 0 Å². The zero-order chi connectivity index (χ0) is 25.3. The summed E-state index contributed by atoms with van der Waals surface area (Å²) in [6.07, 6.45) is 4.61. The van der Waals surface area contributed by atoms with Gasteiger partial charge in [-0.3, -0.25) is 9.69 Å². The van der Waals surface area contributed by atoms with Crippen molar-refractivity contribution in [3.05, 3.63) is 42.5 Å². The number of benzene rings is 2. The highest BCUT2D eigenvalue weighted by atomic mass is 32.2. The first kappa shape index (κ1) is 25.2. The molecule has 1 heterocycles. The van der Waals surface area contributed by atoms with E-state index in [1.54, 1.807) is 47.9 Å². The van der Waals surface area contributed by atoms with Gasteiger partial charge in [0.25, 0.3) is 0 Å². The van der Waals surface area contributed by atoms with Crippen LogP contribution >= 0.6 is 0 Å². The van der Waals surface area contributed by atoms with E-state index in [0.29, 0.717) is 17.9 Å². The lowest BCUT2D eigenvalue weighted by atomic mass is 9.98. The summed E-state index contributed by atoms with van der Waals surface area (Å²) in [5.74, 6) is -0.0879. The Kier molecular flexibility index (Phi) is 7.22. The van der Waals surface area contributed by atoms with E-state index in [0.717, 1.165) is 36.8 Å². The molecule has 1 fully saturated rings. The number of rotatable bonds is 4. The fraction of sp³-hybridized carbons (Fsp3) is 0.481. The van der Waals surface area contributed by atoms with E-state index in [-0.39, 0.29) is 29.0 Å². The molecule has 0 bridgehead atoms. The highest BCUT2D eigenvalue weighted by Gasteiger charge is 2.35. The molecule has 0 unspecified atom stereocenters. The Balaban J connectivity index is 1.69. The Hall–Kier alpha value is -2.87. The largest absolute Gasteiger partial charge is 0.446 e. The summed E-state index contributed by atoms with van der Waals surface area (Å²) in [6.45, 7) is 7.11. The molecule has 2 amide bonds. The summed E-state index contributed by atoms with van der Waals surface area (Å²) < 4.78 is 30.8. The van der Waals surface area contributed by atoms with E-state index in [9.17, 15) is 18.0 Å². The van der Waals surface area contributed by atoms with Crippen molar-refractivity contribution < 1.29 is 22.7 Å². The van der Waals surface area contributed by atoms with Gasteiger partial charge < -0.3 is 9.64 Å². The Morgan fingerprint density at radius 1 is 0.943 bits per heavy atom. The molecular weight excluding hydrogens is 464 g/mol. The molecule has 0 saturated heterocycles. The van der Waals surface area contributed by atoms with Crippen LogP contribution < -0.4 is 9.80 Å². The van der Waals surface area contributed by atoms with Crippen LogP contribution in [-0.4, -0.2) is 44.4 Å². The second-order valence-electron chi connectivity index (χ2n) is 9.81. The monoisotopic (exact) mass is 498 g/mol. The number of fused-ring (bicyclic) bond motifs is 1. The van der Waals surface area contributed by atoms with E-state index < -0.39 is 15.1 Å². The highest BCUT2D eigenvalue weighted by molar-refractivity contribution is 7.92.